The van der Waals surface area contributed by atoms with Gasteiger partial charge in [0.2, 0.25) is 0 Å². The molecular formula is C16H21ClN2O. The van der Waals surface area contributed by atoms with E-state index in [0.717, 1.165) is 42.5 Å². The number of fused-ring (bicyclic) bond motifs is 1. The fourth-order valence-electron chi connectivity index (χ4n) is 2.40. The van der Waals surface area contributed by atoms with Crippen LogP contribution in [0.3, 0.4) is 0 Å². The van der Waals surface area contributed by atoms with E-state index in [4.69, 9.17) is 11.6 Å². The van der Waals surface area contributed by atoms with Gasteiger partial charge in [-0.1, -0.05) is 24.6 Å². The van der Waals surface area contributed by atoms with Gasteiger partial charge < -0.3 is 9.67 Å². The monoisotopic (exact) mass is 292 g/mol. The standard InChI is InChI=1S/C16H21ClN2O/c1-2-3-4-5-8-13(20)12-19-15-10-7-6-9-14(15)18-16(19)11-17/h2,6-7,9-10,13,20H,1,3-5,8,11-12H2. The van der Waals surface area contributed by atoms with Gasteiger partial charge >= 0.3 is 0 Å². The van der Waals surface area contributed by atoms with Gasteiger partial charge in [-0.25, -0.2) is 4.98 Å². The minimum absolute atomic E-state index is 0.359. The molecule has 0 saturated carbocycles. The van der Waals surface area contributed by atoms with Crippen molar-refractivity contribution in [3.05, 3.63) is 42.7 Å². The summed E-state index contributed by atoms with van der Waals surface area (Å²) in [6.07, 6.45) is 5.44. The lowest BCUT2D eigenvalue weighted by Crippen LogP contribution is -2.17. The van der Waals surface area contributed by atoms with E-state index in [1.165, 1.54) is 0 Å². The van der Waals surface area contributed by atoms with Gasteiger partial charge in [0.05, 0.1) is 29.6 Å². The van der Waals surface area contributed by atoms with E-state index in [2.05, 4.69) is 11.6 Å². The molecular weight excluding hydrogens is 272 g/mol. The number of aliphatic hydroxyl groups is 1. The van der Waals surface area contributed by atoms with Crippen LogP contribution in [0.5, 0.6) is 0 Å². The number of aromatic nitrogens is 2. The molecule has 0 radical (unpaired) electrons. The highest BCUT2D eigenvalue weighted by Crippen LogP contribution is 2.19. The molecule has 0 amide bonds. The van der Waals surface area contributed by atoms with Gasteiger partial charge in [0.15, 0.2) is 0 Å². The van der Waals surface area contributed by atoms with E-state index in [1.54, 1.807) is 0 Å². The number of rotatable bonds is 8. The van der Waals surface area contributed by atoms with E-state index < -0.39 is 0 Å². The quantitative estimate of drug-likeness (QED) is 0.455. The molecule has 0 spiro atoms. The van der Waals surface area contributed by atoms with Crippen LogP contribution in [0.2, 0.25) is 0 Å². The Morgan fingerprint density at radius 3 is 2.90 bits per heavy atom. The van der Waals surface area contributed by atoms with Crippen LogP contribution < -0.4 is 0 Å². The summed E-state index contributed by atoms with van der Waals surface area (Å²) >= 11 is 5.96. The lowest BCUT2D eigenvalue weighted by atomic mass is 10.1. The maximum atomic E-state index is 10.2. The number of hydrogen-bond acceptors (Lipinski definition) is 2. The second-order valence-electron chi connectivity index (χ2n) is 4.99. The average molecular weight is 293 g/mol. The van der Waals surface area contributed by atoms with E-state index in [9.17, 15) is 5.11 Å². The van der Waals surface area contributed by atoms with Gasteiger partial charge in [-0.15, -0.1) is 18.2 Å². The molecule has 2 rings (SSSR count). The second-order valence-corrected chi connectivity index (χ2v) is 5.26. The maximum absolute atomic E-state index is 10.2. The van der Waals surface area contributed by atoms with Gasteiger partial charge in [-0.2, -0.15) is 0 Å². The summed E-state index contributed by atoms with van der Waals surface area (Å²) in [7, 11) is 0. The summed E-state index contributed by atoms with van der Waals surface area (Å²) in [6, 6.07) is 7.93. The van der Waals surface area contributed by atoms with Crippen molar-refractivity contribution in [3.63, 3.8) is 0 Å². The summed E-state index contributed by atoms with van der Waals surface area (Å²) in [4.78, 5) is 4.50. The largest absolute Gasteiger partial charge is 0.391 e. The lowest BCUT2D eigenvalue weighted by molar-refractivity contribution is 0.141. The van der Waals surface area contributed by atoms with Crippen molar-refractivity contribution in [2.24, 2.45) is 0 Å². The predicted molar refractivity (Wildman–Crippen MR) is 84.0 cm³/mol. The molecule has 1 unspecified atom stereocenters. The zero-order valence-electron chi connectivity index (χ0n) is 11.6. The van der Waals surface area contributed by atoms with Gasteiger partial charge in [-0.05, 0) is 31.4 Å². The third kappa shape index (κ3) is 3.62. The van der Waals surface area contributed by atoms with E-state index >= 15 is 0 Å². The van der Waals surface area contributed by atoms with Crippen LogP contribution in [0.25, 0.3) is 11.0 Å². The van der Waals surface area contributed by atoms with Crippen molar-refractivity contribution in [2.75, 3.05) is 0 Å². The van der Waals surface area contributed by atoms with Crippen LogP contribution in [0.15, 0.2) is 36.9 Å². The Morgan fingerprint density at radius 2 is 2.15 bits per heavy atom. The van der Waals surface area contributed by atoms with Crippen molar-refractivity contribution in [2.45, 2.75) is 44.2 Å². The molecule has 20 heavy (non-hydrogen) atoms. The molecule has 1 atom stereocenters. The van der Waals surface area contributed by atoms with Crippen LogP contribution in [0, 0.1) is 0 Å². The Bertz CT molecular complexity index is 565. The molecule has 3 nitrogen and oxygen atoms in total. The normalized spacial score (nSPS) is 12.7. The number of alkyl halides is 1. The first-order valence-corrected chi connectivity index (χ1v) is 7.58. The minimum Gasteiger partial charge on any atom is -0.391 e. The molecule has 2 aromatic rings. The minimum atomic E-state index is -0.362. The zero-order valence-corrected chi connectivity index (χ0v) is 12.4. The fourth-order valence-corrected chi connectivity index (χ4v) is 2.61. The third-order valence-corrected chi connectivity index (χ3v) is 3.68. The second kappa shape index (κ2) is 7.46. The topological polar surface area (TPSA) is 38.0 Å². The summed E-state index contributed by atoms with van der Waals surface area (Å²) in [6.45, 7) is 4.26. The summed E-state index contributed by atoms with van der Waals surface area (Å²) in [5.74, 6) is 1.18. The summed E-state index contributed by atoms with van der Waals surface area (Å²) < 4.78 is 2.03. The first kappa shape index (κ1) is 15.1. The highest BCUT2D eigenvalue weighted by Gasteiger charge is 2.13. The molecule has 1 aromatic heterocycles. The van der Waals surface area contributed by atoms with Crippen LogP contribution in [-0.4, -0.2) is 20.8 Å². The zero-order chi connectivity index (χ0) is 14.4. The maximum Gasteiger partial charge on any atom is 0.124 e. The molecule has 4 heteroatoms. The van der Waals surface area contributed by atoms with Crippen LogP contribution in [-0.2, 0) is 12.4 Å². The number of aliphatic hydroxyl groups excluding tert-OH is 1. The SMILES string of the molecule is C=CCCCCC(O)Cn1c(CCl)nc2ccccc21. The van der Waals surface area contributed by atoms with Crippen LogP contribution in [0.4, 0.5) is 0 Å². The highest BCUT2D eigenvalue weighted by atomic mass is 35.5. The molecule has 0 aliphatic rings. The first-order valence-electron chi connectivity index (χ1n) is 7.05. The van der Waals surface area contributed by atoms with Crippen LogP contribution >= 0.6 is 11.6 Å². The number of hydrogen-bond donors (Lipinski definition) is 1. The van der Waals surface area contributed by atoms with Gasteiger partial charge in [-0.3, -0.25) is 0 Å². The molecule has 1 heterocycles. The highest BCUT2D eigenvalue weighted by molar-refractivity contribution is 6.16. The van der Waals surface area contributed by atoms with Crippen molar-refractivity contribution >= 4 is 22.6 Å². The summed E-state index contributed by atoms with van der Waals surface area (Å²) in [5, 5.41) is 10.2. The van der Waals surface area contributed by atoms with Crippen molar-refractivity contribution in [1.82, 2.24) is 9.55 Å². The Kier molecular flexibility index (Phi) is 5.62. The number of nitrogens with zero attached hydrogens (tertiary/aromatic N) is 2. The Morgan fingerprint density at radius 1 is 1.35 bits per heavy atom. The van der Waals surface area contributed by atoms with Crippen molar-refractivity contribution < 1.29 is 5.11 Å². The molecule has 1 N–H and O–H groups in total. The Balaban J connectivity index is 2.06. The van der Waals surface area contributed by atoms with Gasteiger partial charge in [0, 0.05) is 0 Å². The molecule has 0 saturated heterocycles. The van der Waals surface area contributed by atoms with Gasteiger partial charge in [0.25, 0.3) is 0 Å². The van der Waals surface area contributed by atoms with Crippen molar-refractivity contribution in [3.8, 4) is 0 Å². The van der Waals surface area contributed by atoms with Crippen molar-refractivity contribution in [1.29, 1.82) is 0 Å². The number of para-hydroxylation sites is 2. The average Bonchev–Trinajstić information content (AvgIpc) is 2.82. The number of benzene rings is 1. The Labute approximate surface area is 124 Å². The van der Waals surface area contributed by atoms with Gasteiger partial charge in [0.1, 0.15) is 5.82 Å². The van der Waals surface area contributed by atoms with Crippen LogP contribution in [0.1, 0.15) is 31.5 Å². The first-order chi connectivity index (χ1) is 9.76. The molecule has 0 fully saturated rings. The molecule has 1 aromatic carbocycles. The number of allylic oxidation sites excluding steroid dienone is 1. The molecule has 108 valence electrons. The number of imidazole rings is 1. The van der Waals surface area contributed by atoms with E-state index in [0.29, 0.717) is 12.4 Å². The van der Waals surface area contributed by atoms with E-state index in [-0.39, 0.29) is 6.10 Å². The number of unbranched alkanes of at least 4 members (excludes halogenated alkanes) is 2. The third-order valence-electron chi connectivity index (χ3n) is 3.44. The predicted octanol–water partition coefficient (Wildman–Crippen LogP) is 3.88. The number of halogens is 1. The molecule has 0 aliphatic heterocycles. The smallest absolute Gasteiger partial charge is 0.124 e. The summed E-state index contributed by atoms with van der Waals surface area (Å²) in [5.41, 5.74) is 1.97. The fraction of sp³-hybridized carbons (Fsp3) is 0.438. The molecule has 0 aliphatic carbocycles. The lowest BCUT2D eigenvalue weighted by Gasteiger charge is -2.13. The Hall–Kier alpha value is -1.32. The van der Waals surface area contributed by atoms with E-state index in [1.807, 2.05) is 34.9 Å². The molecule has 0 bridgehead atoms.